The Balaban J connectivity index is 1.56. The maximum atomic E-state index is 11.6. The lowest BCUT2D eigenvalue weighted by atomic mass is 9.45. The number of fused-ring (bicyclic) bond motifs is 5. The van der Waals surface area contributed by atoms with Crippen LogP contribution in [0.2, 0.25) is 0 Å². The van der Waals surface area contributed by atoms with Crippen LogP contribution in [0, 0.1) is 34.5 Å². The molecular weight excluding hydrogens is 370 g/mol. The van der Waals surface area contributed by atoms with Gasteiger partial charge in [-0.2, -0.15) is 0 Å². The highest BCUT2D eigenvalue weighted by Crippen LogP contribution is 2.66. The summed E-state index contributed by atoms with van der Waals surface area (Å²) < 4.78 is 11.1. The van der Waals surface area contributed by atoms with Crippen LogP contribution in [0.3, 0.4) is 0 Å². The van der Waals surface area contributed by atoms with Crippen molar-refractivity contribution in [2.45, 2.75) is 91.3 Å². The van der Waals surface area contributed by atoms with E-state index in [2.05, 4.69) is 19.0 Å². The van der Waals surface area contributed by atoms with Gasteiger partial charge in [0.1, 0.15) is 17.9 Å². The summed E-state index contributed by atoms with van der Waals surface area (Å²) in [4.78, 5) is 23.0. The van der Waals surface area contributed by atoms with E-state index in [4.69, 9.17) is 9.47 Å². The average Bonchev–Trinajstić information content (AvgIpc) is 2.92. The molecular formula is C23H35NO5. The molecule has 0 aromatic heterocycles. The molecule has 0 aromatic carbocycles. The van der Waals surface area contributed by atoms with E-state index in [0.29, 0.717) is 29.4 Å². The maximum absolute atomic E-state index is 11.6. The van der Waals surface area contributed by atoms with E-state index < -0.39 is 6.10 Å². The van der Waals surface area contributed by atoms with E-state index in [1.165, 1.54) is 13.8 Å². The first kappa shape index (κ1) is 20.7. The minimum absolute atomic E-state index is 0.0731. The lowest BCUT2D eigenvalue weighted by Crippen LogP contribution is -2.54. The summed E-state index contributed by atoms with van der Waals surface area (Å²) in [6.07, 6.45) is 7.91. The Labute approximate surface area is 173 Å². The quantitative estimate of drug-likeness (QED) is 0.420. The summed E-state index contributed by atoms with van der Waals surface area (Å²) in [5.41, 5.74) is 0.757. The van der Waals surface area contributed by atoms with Crippen LogP contribution in [0.5, 0.6) is 0 Å². The van der Waals surface area contributed by atoms with E-state index in [1.54, 1.807) is 0 Å². The zero-order chi connectivity index (χ0) is 21.0. The summed E-state index contributed by atoms with van der Waals surface area (Å²) >= 11 is 0. The number of esters is 2. The Morgan fingerprint density at radius 2 is 1.69 bits per heavy atom. The van der Waals surface area contributed by atoms with Crippen LogP contribution in [0.1, 0.15) is 79.1 Å². The molecule has 29 heavy (non-hydrogen) atoms. The van der Waals surface area contributed by atoms with Gasteiger partial charge in [-0.25, -0.2) is 0 Å². The van der Waals surface area contributed by atoms with Gasteiger partial charge in [-0.05, 0) is 80.5 Å². The fourth-order valence-corrected chi connectivity index (χ4v) is 7.83. The number of oxime groups is 1. The Morgan fingerprint density at radius 3 is 2.34 bits per heavy atom. The van der Waals surface area contributed by atoms with E-state index in [1.807, 2.05) is 0 Å². The fourth-order valence-electron chi connectivity index (χ4n) is 7.83. The smallest absolute Gasteiger partial charge is 0.303 e. The molecule has 0 amide bonds. The zero-order valence-corrected chi connectivity index (χ0v) is 18.1. The molecule has 6 heteroatoms. The molecule has 8 atom stereocenters. The maximum Gasteiger partial charge on any atom is 0.303 e. The molecule has 8 unspecified atom stereocenters. The Morgan fingerprint density at radius 1 is 0.966 bits per heavy atom. The number of nitrogens with zero attached hydrogens (tertiary/aromatic N) is 1. The van der Waals surface area contributed by atoms with Gasteiger partial charge in [0.15, 0.2) is 0 Å². The van der Waals surface area contributed by atoms with Gasteiger partial charge < -0.3 is 14.7 Å². The second-order valence-electron chi connectivity index (χ2n) is 10.4. The highest BCUT2D eigenvalue weighted by Gasteiger charge is 2.62. The summed E-state index contributed by atoms with van der Waals surface area (Å²) in [7, 11) is 0. The molecule has 0 bridgehead atoms. The van der Waals surface area contributed by atoms with E-state index >= 15 is 0 Å². The van der Waals surface area contributed by atoms with Crippen LogP contribution < -0.4 is 0 Å². The number of hydrogen-bond donors (Lipinski definition) is 1. The minimum atomic E-state index is -0.392. The zero-order valence-electron chi connectivity index (χ0n) is 18.1. The summed E-state index contributed by atoms with van der Waals surface area (Å²) in [5, 5.41) is 13.4. The van der Waals surface area contributed by atoms with Crippen molar-refractivity contribution < 1.29 is 24.3 Å². The van der Waals surface area contributed by atoms with Gasteiger partial charge in [0.2, 0.25) is 0 Å². The summed E-state index contributed by atoms with van der Waals surface area (Å²) in [6.45, 7) is 7.60. The van der Waals surface area contributed by atoms with Crippen molar-refractivity contribution in [2.24, 2.45) is 39.7 Å². The molecule has 0 heterocycles. The highest BCUT2D eigenvalue weighted by atomic mass is 16.5. The van der Waals surface area contributed by atoms with Crippen molar-refractivity contribution in [3.8, 4) is 0 Å². The molecule has 4 aliphatic rings. The van der Waals surface area contributed by atoms with Gasteiger partial charge in [0.25, 0.3) is 0 Å². The normalized spacial score (nSPS) is 47.7. The standard InChI is InChI=1S/C23H35NO5/c1-13(25)28-16-7-9-22(3)15(11-16)5-6-17-18(22)8-10-23(4)19(17)12-20(21(23)24-27)29-14(2)26/h15-20,27H,5-12H2,1-4H3/b24-21-. The van der Waals surface area contributed by atoms with Crippen molar-refractivity contribution >= 4 is 17.7 Å². The van der Waals surface area contributed by atoms with Crippen molar-refractivity contribution in [3.05, 3.63) is 0 Å². The molecule has 0 aliphatic heterocycles. The predicted octanol–water partition coefficient (Wildman–Crippen LogP) is 4.33. The first-order valence-electron chi connectivity index (χ1n) is 11.3. The largest absolute Gasteiger partial charge is 0.463 e. The lowest BCUT2D eigenvalue weighted by molar-refractivity contribution is -0.158. The monoisotopic (exact) mass is 405 g/mol. The van der Waals surface area contributed by atoms with Crippen LogP contribution in [-0.4, -0.2) is 35.1 Å². The fraction of sp³-hybridized carbons (Fsp3) is 0.870. The molecule has 6 nitrogen and oxygen atoms in total. The lowest BCUT2D eigenvalue weighted by Gasteiger charge is -2.60. The van der Waals surface area contributed by atoms with Crippen LogP contribution in [0.25, 0.3) is 0 Å². The number of rotatable bonds is 2. The van der Waals surface area contributed by atoms with Crippen molar-refractivity contribution in [1.82, 2.24) is 0 Å². The molecule has 4 fully saturated rings. The molecule has 0 radical (unpaired) electrons. The third-order valence-corrected chi connectivity index (χ3v) is 9.11. The molecule has 4 rings (SSSR count). The van der Waals surface area contributed by atoms with Gasteiger partial charge >= 0.3 is 11.9 Å². The Kier molecular flexibility index (Phi) is 5.19. The van der Waals surface area contributed by atoms with Gasteiger partial charge in [-0.3, -0.25) is 9.59 Å². The summed E-state index contributed by atoms with van der Waals surface area (Å²) in [5.74, 6) is 1.71. The van der Waals surface area contributed by atoms with Crippen LogP contribution in [0.15, 0.2) is 5.16 Å². The number of carbonyl (C=O) groups excluding carboxylic acids is 2. The van der Waals surface area contributed by atoms with Crippen LogP contribution >= 0.6 is 0 Å². The molecule has 162 valence electrons. The van der Waals surface area contributed by atoms with Gasteiger partial charge in [0, 0.05) is 19.3 Å². The van der Waals surface area contributed by atoms with Crippen LogP contribution in [0.4, 0.5) is 0 Å². The average molecular weight is 406 g/mol. The van der Waals surface area contributed by atoms with Gasteiger partial charge in [-0.15, -0.1) is 0 Å². The number of ether oxygens (including phenoxy) is 2. The van der Waals surface area contributed by atoms with E-state index in [0.717, 1.165) is 51.4 Å². The minimum Gasteiger partial charge on any atom is -0.463 e. The first-order chi connectivity index (χ1) is 13.7. The van der Waals surface area contributed by atoms with Crippen molar-refractivity contribution in [3.63, 3.8) is 0 Å². The SMILES string of the molecule is CC(=O)OC1CCC2(C)C(CCC3C4CC(OC(C)=O)/C(=N/O)C4(C)CCC32)C1. The highest BCUT2D eigenvalue weighted by molar-refractivity contribution is 5.97. The Bertz CT molecular complexity index is 720. The molecule has 0 aromatic rings. The third-order valence-electron chi connectivity index (χ3n) is 9.11. The molecule has 0 spiro atoms. The number of hydrogen-bond acceptors (Lipinski definition) is 6. The van der Waals surface area contributed by atoms with E-state index in [-0.39, 0.29) is 28.9 Å². The predicted molar refractivity (Wildman–Crippen MR) is 107 cm³/mol. The Hall–Kier alpha value is -1.59. The van der Waals surface area contributed by atoms with Gasteiger partial charge in [-0.1, -0.05) is 19.0 Å². The van der Waals surface area contributed by atoms with E-state index in [9.17, 15) is 14.8 Å². The van der Waals surface area contributed by atoms with Crippen molar-refractivity contribution in [1.29, 1.82) is 0 Å². The second kappa shape index (κ2) is 7.28. The number of carbonyl (C=O) groups is 2. The third kappa shape index (κ3) is 3.27. The topological polar surface area (TPSA) is 85.2 Å². The molecule has 1 N–H and O–H groups in total. The molecule has 4 aliphatic carbocycles. The second-order valence-corrected chi connectivity index (χ2v) is 10.4. The first-order valence-corrected chi connectivity index (χ1v) is 11.3. The molecule has 0 saturated heterocycles. The summed E-state index contributed by atoms with van der Waals surface area (Å²) in [6, 6.07) is 0. The van der Waals surface area contributed by atoms with Gasteiger partial charge in [0.05, 0.1) is 0 Å². The van der Waals surface area contributed by atoms with Crippen LogP contribution in [-0.2, 0) is 19.1 Å². The van der Waals surface area contributed by atoms with Crippen molar-refractivity contribution in [2.75, 3.05) is 0 Å². The molecule has 4 saturated carbocycles.